The molecule has 1 aromatic rings. The van der Waals surface area contributed by atoms with Gasteiger partial charge in [-0.15, -0.1) is 5.10 Å². The van der Waals surface area contributed by atoms with Gasteiger partial charge in [0.2, 0.25) is 0 Å². The van der Waals surface area contributed by atoms with Crippen molar-refractivity contribution in [2.75, 3.05) is 25.1 Å². The molecule has 2 heterocycles. The van der Waals surface area contributed by atoms with E-state index in [1.54, 1.807) is 0 Å². The van der Waals surface area contributed by atoms with E-state index in [9.17, 15) is 5.26 Å². The highest BCUT2D eigenvalue weighted by Gasteiger charge is 2.18. The zero-order valence-electron chi connectivity index (χ0n) is 11.6. The average molecular weight is 260 g/mol. The van der Waals surface area contributed by atoms with Gasteiger partial charge in [0.25, 0.3) is 0 Å². The van der Waals surface area contributed by atoms with Crippen LogP contribution in [0, 0.1) is 17.2 Å². The molecule has 1 atom stereocenters. The lowest BCUT2D eigenvalue weighted by Crippen LogP contribution is -2.17. The van der Waals surface area contributed by atoms with Crippen molar-refractivity contribution in [1.82, 2.24) is 10.2 Å². The van der Waals surface area contributed by atoms with Crippen molar-refractivity contribution in [1.29, 1.82) is 5.26 Å². The Bertz CT molecular complexity index is 475. The molecule has 0 aliphatic carbocycles. The van der Waals surface area contributed by atoms with Gasteiger partial charge in [-0.1, -0.05) is 13.8 Å². The molecule has 0 aromatic carbocycles. The van der Waals surface area contributed by atoms with Crippen LogP contribution < -0.4 is 5.32 Å². The molecule has 1 saturated heterocycles. The van der Waals surface area contributed by atoms with Gasteiger partial charge in [-0.2, -0.15) is 10.4 Å². The molecule has 19 heavy (non-hydrogen) atoms. The fourth-order valence-electron chi connectivity index (χ4n) is 2.40. The Morgan fingerprint density at radius 3 is 2.79 bits per heavy atom. The summed E-state index contributed by atoms with van der Waals surface area (Å²) in [5.74, 6) is 1.12. The first-order chi connectivity index (χ1) is 9.30. The van der Waals surface area contributed by atoms with Crippen molar-refractivity contribution in [3.8, 4) is 6.07 Å². The zero-order chi connectivity index (χ0) is 13.7. The largest absolute Gasteiger partial charge is 0.381 e. The summed E-state index contributed by atoms with van der Waals surface area (Å²) in [6.07, 6.45) is 2.68. The van der Waals surface area contributed by atoms with Gasteiger partial charge in [-0.25, -0.2) is 0 Å². The van der Waals surface area contributed by atoms with Crippen molar-refractivity contribution >= 4 is 5.82 Å². The van der Waals surface area contributed by atoms with E-state index in [1.807, 2.05) is 13.8 Å². The number of nitrogens with zero attached hydrogens (tertiary/aromatic N) is 3. The minimum atomic E-state index is 0.504. The Labute approximate surface area is 114 Å². The maximum atomic E-state index is 9.36. The lowest BCUT2D eigenvalue weighted by molar-refractivity contribution is 0.187. The first kappa shape index (κ1) is 13.8. The molecule has 1 aliphatic heterocycles. The van der Waals surface area contributed by atoms with Crippen LogP contribution in [-0.4, -0.2) is 30.0 Å². The van der Waals surface area contributed by atoms with Gasteiger partial charge in [0.05, 0.1) is 12.3 Å². The van der Waals surface area contributed by atoms with Crippen LogP contribution in [-0.2, 0) is 17.6 Å². The van der Waals surface area contributed by atoms with Crippen LogP contribution in [0.4, 0.5) is 5.82 Å². The first-order valence-corrected chi connectivity index (χ1v) is 6.90. The second-order valence-corrected chi connectivity index (χ2v) is 4.78. The van der Waals surface area contributed by atoms with Crippen LogP contribution in [0.1, 0.15) is 37.1 Å². The molecule has 2 rings (SSSR count). The summed E-state index contributed by atoms with van der Waals surface area (Å²) >= 11 is 0. The lowest BCUT2D eigenvalue weighted by Gasteiger charge is -2.13. The van der Waals surface area contributed by atoms with E-state index in [1.165, 1.54) is 0 Å². The van der Waals surface area contributed by atoms with Crippen LogP contribution in [0.2, 0.25) is 0 Å². The smallest absolute Gasteiger partial charge is 0.166 e. The number of rotatable bonds is 5. The molecule has 0 radical (unpaired) electrons. The number of aryl methyl sites for hydroxylation is 1. The average Bonchev–Trinajstić information content (AvgIpc) is 2.96. The predicted octanol–water partition coefficient (Wildman–Crippen LogP) is 1.92. The number of hydrogen-bond donors (Lipinski definition) is 1. The Morgan fingerprint density at radius 2 is 2.21 bits per heavy atom. The zero-order valence-corrected chi connectivity index (χ0v) is 11.6. The molecular formula is C14H20N4O. The monoisotopic (exact) mass is 260 g/mol. The summed E-state index contributed by atoms with van der Waals surface area (Å²) in [7, 11) is 0. The Kier molecular flexibility index (Phi) is 4.69. The van der Waals surface area contributed by atoms with E-state index < -0.39 is 0 Å². The number of ether oxygens (including phenoxy) is 1. The highest BCUT2D eigenvalue weighted by Crippen LogP contribution is 2.21. The summed E-state index contributed by atoms with van der Waals surface area (Å²) in [5.41, 5.74) is 2.59. The van der Waals surface area contributed by atoms with Crippen LogP contribution >= 0.6 is 0 Å². The third kappa shape index (κ3) is 3.02. The van der Waals surface area contributed by atoms with Crippen molar-refractivity contribution < 1.29 is 4.74 Å². The van der Waals surface area contributed by atoms with Crippen molar-refractivity contribution in [3.05, 3.63) is 16.8 Å². The van der Waals surface area contributed by atoms with E-state index in [0.29, 0.717) is 17.3 Å². The molecule has 0 saturated carbocycles. The van der Waals surface area contributed by atoms with E-state index in [0.717, 1.165) is 50.3 Å². The molecule has 1 unspecified atom stereocenters. The molecule has 102 valence electrons. The van der Waals surface area contributed by atoms with Gasteiger partial charge in [0, 0.05) is 19.1 Å². The van der Waals surface area contributed by atoms with E-state index in [2.05, 4.69) is 21.6 Å². The maximum absolute atomic E-state index is 9.36. The summed E-state index contributed by atoms with van der Waals surface area (Å²) in [6, 6.07) is 2.27. The Morgan fingerprint density at radius 1 is 1.37 bits per heavy atom. The third-order valence-electron chi connectivity index (χ3n) is 3.54. The minimum absolute atomic E-state index is 0.504. The Hall–Kier alpha value is -1.67. The highest BCUT2D eigenvalue weighted by molar-refractivity contribution is 5.56. The molecule has 0 spiro atoms. The highest BCUT2D eigenvalue weighted by atomic mass is 16.5. The van der Waals surface area contributed by atoms with Gasteiger partial charge < -0.3 is 10.1 Å². The number of anilines is 1. The number of nitrogens with one attached hydrogen (secondary N) is 1. The van der Waals surface area contributed by atoms with E-state index in [-0.39, 0.29) is 0 Å². The molecule has 5 nitrogen and oxygen atoms in total. The van der Waals surface area contributed by atoms with Gasteiger partial charge in [-0.3, -0.25) is 0 Å². The molecule has 5 heteroatoms. The minimum Gasteiger partial charge on any atom is -0.381 e. The van der Waals surface area contributed by atoms with Crippen LogP contribution in [0.5, 0.6) is 0 Å². The summed E-state index contributed by atoms with van der Waals surface area (Å²) in [4.78, 5) is 0. The maximum Gasteiger partial charge on any atom is 0.166 e. The quantitative estimate of drug-likeness (QED) is 0.875. The number of hydrogen-bond acceptors (Lipinski definition) is 5. The van der Waals surface area contributed by atoms with Crippen LogP contribution in [0.3, 0.4) is 0 Å². The van der Waals surface area contributed by atoms with E-state index >= 15 is 0 Å². The SMILES string of the molecule is CCc1nnc(NCC2CCOC2)c(C#N)c1CC. The van der Waals surface area contributed by atoms with Gasteiger partial charge in [-0.05, 0) is 24.8 Å². The van der Waals surface area contributed by atoms with Crippen molar-refractivity contribution in [3.63, 3.8) is 0 Å². The second-order valence-electron chi connectivity index (χ2n) is 4.78. The van der Waals surface area contributed by atoms with Gasteiger partial charge >= 0.3 is 0 Å². The first-order valence-electron chi connectivity index (χ1n) is 6.90. The molecule has 0 amide bonds. The topological polar surface area (TPSA) is 70.8 Å². The molecular weight excluding hydrogens is 240 g/mol. The normalized spacial score (nSPS) is 18.3. The molecule has 0 bridgehead atoms. The fourth-order valence-corrected chi connectivity index (χ4v) is 2.40. The lowest BCUT2D eigenvalue weighted by atomic mass is 10.0. The Balaban J connectivity index is 2.17. The van der Waals surface area contributed by atoms with Crippen molar-refractivity contribution in [2.45, 2.75) is 33.1 Å². The van der Waals surface area contributed by atoms with Gasteiger partial charge in [0.1, 0.15) is 11.6 Å². The summed E-state index contributed by atoms with van der Waals surface area (Å²) < 4.78 is 5.34. The summed E-state index contributed by atoms with van der Waals surface area (Å²) in [6.45, 7) is 6.49. The van der Waals surface area contributed by atoms with E-state index in [4.69, 9.17) is 4.74 Å². The van der Waals surface area contributed by atoms with Crippen LogP contribution in [0.25, 0.3) is 0 Å². The predicted molar refractivity (Wildman–Crippen MR) is 72.9 cm³/mol. The fraction of sp³-hybridized carbons (Fsp3) is 0.643. The third-order valence-corrected chi connectivity index (χ3v) is 3.54. The van der Waals surface area contributed by atoms with Crippen LogP contribution in [0.15, 0.2) is 0 Å². The summed E-state index contributed by atoms with van der Waals surface area (Å²) in [5, 5.41) is 21.0. The standard InChI is InChI=1S/C14H20N4O/c1-3-11-12(7-15)14(18-17-13(11)4-2)16-8-10-5-6-19-9-10/h10H,3-6,8-9H2,1-2H3,(H,16,18). The molecule has 1 fully saturated rings. The molecule has 1 N–H and O–H groups in total. The number of nitriles is 1. The number of aromatic nitrogens is 2. The van der Waals surface area contributed by atoms with Crippen molar-refractivity contribution in [2.24, 2.45) is 5.92 Å². The second kappa shape index (κ2) is 6.48. The van der Waals surface area contributed by atoms with Gasteiger partial charge in [0.15, 0.2) is 5.82 Å². The molecule has 1 aliphatic rings. The molecule has 1 aromatic heterocycles.